The van der Waals surface area contributed by atoms with Crippen molar-refractivity contribution in [2.75, 3.05) is 13.4 Å². The quantitative estimate of drug-likeness (QED) is 0.310. The number of rotatable bonds is 6. The molecule has 2 nitrogen and oxygen atoms in total. The largest absolute Gasteiger partial charge is 0.476 e. The molecule has 0 saturated carbocycles. The lowest BCUT2D eigenvalue weighted by Crippen LogP contribution is -1.96. The standard InChI is InChI=1S/C7H14O2/c1-3-5-6-9-7-8-4-2/h4H,2-3,5-7H2,1H3. The number of unbranched alkanes of at least 4 members (excludes halogenated alkanes) is 1. The summed E-state index contributed by atoms with van der Waals surface area (Å²) >= 11 is 0. The van der Waals surface area contributed by atoms with Gasteiger partial charge in [-0.1, -0.05) is 19.9 Å². The molecular weight excluding hydrogens is 116 g/mol. The van der Waals surface area contributed by atoms with E-state index in [2.05, 4.69) is 13.5 Å². The van der Waals surface area contributed by atoms with Gasteiger partial charge in [0.2, 0.25) is 0 Å². The van der Waals surface area contributed by atoms with Gasteiger partial charge in [-0.3, -0.25) is 0 Å². The third-order valence-corrected chi connectivity index (χ3v) is 0.911. The van der Waals surface area contributed by atoms with Gasteiger partial charge >= 0.3 is 0 Å². The molecule has 0 saturated heterocycles. The van der Waals surface area contributed by atoms with Crippen LogP contribution in [0.2, 0.25) is 0 Å². The molecule has 0 bridgehead atoms. The maximum absolute atomic E-state index is 5.02. The van der Waals surface area contributed by atoms with Crippen LogP contribution >= 0.6 is 0 Å². The van der Waals surface area contributed by atoms with E-state index >= 15 is 0 Å². The third kappa shape index (κ3) is 7.50. The normalized spacial score (nSPS) is 9.00. The van der Waals surface area contributed by atoms with Crippen molar-refractivity contribution in [1.82, 2.24) is 0 Å². The minimum Gasteiger partial charge on any atom is -0.476 e. The van der Waals surface area contributed by atoms with Crippen LogP contribution in [0, 0.1) is 0 Å². The van der Waals surface area contributed by atoms with E-state index in [-0.39, 0.29) is 0 Å². The van der Waals surface area contributed by atoms with E-state index in [1.165, 1.54) is 6.26 Å². The second kappa shape index (κ2) is 7.50. The Labute approximate surface area is 56.5 Å². The highest BCUT2D eigenvalue weighted by atomic mass is 16.7. The Morgan fingerprint density at radius 2 is 2.33 bits per heavy atom. The summed E-state index contributed by atoms with van der Waals surface area (Å²) in [6.07, 6.45) is 3.64. The number of ether oxygens (including phenoxy) is 2. The second-order valence-corrected chi connectivity index (χ2v) is 1.71. The fraction of sp³-hybridized carbons (Fsp3) is 0.714. The highest BCUT2D eigenvalue weighted by Gasteiger charge is 1.82. The smallest absolute Gasteiger partial charge is 0.188 e. The molecule has 0 aliphatic rings. The summed E-state index contributed by atoms with van der Waals surface area (Å²) in [5.74, 6) is 0. The Morgan fingerprint density at radius 1 is 1.56 bits per heavy atom. The lowest BCUT2D eigenvalue weighted by molar-refractivity contribution is -0.0118. The molecule has 54 valence electrons. The molecule has 0 atom stereocenters. The van der Waals surface area contributed by atoms with Crippen LogP contribution in [0.25, 0.3) is 0 Å². The second-order valence-electron chi connectivity index (χ2n) is 1.71. The fourth-order valence-electron chi connectivity index (χ4n) is 0.402. The fourth-order valence-corrected chi connectivity index (χ4v) is 0.402. The molecule has 0 aromatic heterocycles. The van der Waals surface area contributed by atoms with E-state index in [9.17, 15) is 0 Å². The summed E-state index contributed by atoms with van der Waals surface area (Å²) in [4.78, 5) is 0. The SMILES string of the molecule is C=COCOCCCC. The van der Waals surface area contributed by atoms with E-state index < -0.39 is 0 Å². The lowest BCUT2D eigenvalue weighted by Gasteiger charge is -2.00. The van der Waals surface area contributed by atoms with Crippen LogP contribution in [0.5, 0.6) is 0 Å². The van der Waals surface area contributed by atoms with Gasteiger partial charge in [0.05, 0.1) is 12.9 Å². The minimum atomic E-state index is 0.337. The van der Waals surface area contributed by atoms with Crippen LogP contribution in [-0.2, 0) is 9.47 Å². The van der Waals surface area contributed by atoms with Gasteiger partial charge in [0.15, 0.2) is 6.79 Å². The zero-order valence-electron chi connectivity index (χ0n) is 5.93. The van der Waals surface area contributed by atoms with Crippen molar-refractivity contribution in [2.45, 2.75) is 19.8 Å². The first kappa shape index (κ1) is 8.50. The summed E-state index contributed by atoms with van der Waals surface area (Å²) in [7, 11) is 0. The molecular formula is C7H14O2. The molecule has 0 aromatic rings. The van der Waals surface area contributed by atoms with Gasteiger partial charge in [-0.25, -0.2) is 0 Å². The zero-order chi connectivity index (χ0) is 6.95. The van der Waals surface area contributed by atoms with Gasteiger partial charge in [0, 0.05) is 0 Å². The van der Waals surface area contributed by atoms with Crippen molar-refractivity contribution in [3.8, 4) is 0 Å². The molecule has 0 aliphatic carbocycles. The van der Waals surface area contributed by atoms with Gasteiger partial charge in [-0.2, -0.15) is 0 Å². The van der Waals surface area contributed by atoms with E-state index in [1.54, 1.807) is 0 Å². The van der Waals surface area contributed by atoms with Crippen molar-refractivity contribution in [3.05, 3.63) is 12.8 Å². The molecule has 0 N–H and O–H groups in total. The molecule has 0 fully saturated rings. The monoisotopic (exact) mass is 130 g/mol. The Balaban J connectivity index is 2.66. The highest BCUT2D eigenvalue weighted by Crippen LogP contribution is 1.87. The molecule has 0 heterocycles. The predicted molar refractivity (Wildman–Crippen MR) is 37.0 cm³/mol. The first-order chi connectivity index (χ1) is 4.41. The summed E-state index contributed by atoms with van der Waals surface area (Å²) in [6.45, 7) is 6.62. The zero-order valence-corrected chi connectivity index (χ0v) is 5.93. The molecule has 2 heteroatoms. The molecule has 0 aromatic carbocycles. The number of hydrogen-bond acceptors (Lipinski definition) is 2. The Hall–Kier alpha value is -0.500. The highest BCUT2D eigenvalue weighted by molar-refractivity contribution is 4.45. The Kier molecular flexibility index (Phi) is 7.08. The molecule has 0 radical (unpaired) electrons. The van der Waals surface area contributed by atoms with Crippen molar-refractivity contribution < 1.29 is 9.47 Å². The van der Waals surface area contributed by atoms with Gasteiger partial charge in [-0.15, -0.1) is 0 Å². The summed E-state index contributed by atoms with van der Waals surface area (Å²) in [6, 6.07) is 0. The summed E-state index contributed by atoms with van der Waals surface area (Å²) < 4.78 is 9.74. The van der Waals surface area contributed by atoms with E-state index in [4.69, 9.17) is 9.47 Å². The first-order valence-electron chi connectivity index (χ1n) is 3.22. The molecule has 0 rings (SSSR count). The Bertz CT molecular complexity index is 61.9. The van der Waals surface area contributed by atoms with Gasteiger partial charge < -0.3 is 9.47 Å². The van der Waals surface area contributed by atoms with E-state index in [0.29, 0.717) is 6.79 Å². The maximum Gasteiger partial charge on any atom is 0.188 e. The number of hydrogen-bond donors (Lipinski definition) is 0. The van der Waals surface area contributed by atoms with Crippen LogP contribution < -0.4 is 0 Å². The van der Waals surface area contributed by atoms with Crippen LogP contribution in [0.4, 0.5) is 0 Å². The van der Waals surface area contributed by atoms with Crippen LogP contribution in [0.15, 0.2) is 12.8 Å². The van der Waals surface area contributed by atoms with Crippen LogP contribution in [0.1, 0.15) is 19.8 Å². The van der Waals surface area contributed by atoms with Gasteiger partial charge in [0.1, 0.15) is 0 Å². The maximum atomic E-state index is 5.02. The van der Waals surface area contributed by atoms with Crippen molar-refractivity contribution >= 4 is 0 Å². The summed E-state index contributed by atoms with van der Waals surface area (Å²) in [5, 5.41) is 0. The molecule has 0 unspecified atom stereocenters. The van der Waals surface area contributed by atoms with Crippen molar-refractivity contribution in [2.24, 2.45) is 0 Å². The van der Waals surface area contributed by atoms with E-state index in [0.717, 1.165) is 19.4 Å². The van der Waals surface area contributed by atoms with Crippen LogP contribution in [-0.4, -0.2) is 13.4 Å². The van der Waals surface area contributed by atoms with E-state index in [1.807, 2.05) is 0 Å². The van der Waals surface area contributed by atoms with Crippen molar-refractivity contribution in [3.63, 3.8) is 0 Å². The molecule has 0 aliphatic heterocycles. The van der Waals surface area contributed by atoms with Gasteiger partial charge in [-0.05, 0) is 6.42 Å². The summed E-state index contributed by atoms with van der Waals surface area (Å²) in [5.41, 5.74) is 0. The molecule has 0 spiro atoms. The average Bonchev–Trinajstić information content (AvgIpc) is 1.89. The predicted octanol–water partition coefficient (Wildman–Crippen LogP) is 1.92. The topological polar surface area (TPSA) is 18.5 Å². The lowest BCUT2D eigenvalue weighted by atomic mass is 10.4. The molecule has 0 amide bonds. The van der Waals surface area contributed by atoms with Crippen molar-refractivity contribution in [1.29, 1.82) is 0 Å². The Morgan fingerprint density at radius 3 is 2.89 bits per heavy atom. The molecule has 9 heavy (non-hydrogen) atoms. The average molecular weight is 130 g/mol. The third-order valence-electron chi connectivity index (χ3n) is 0.911. The minimum absolute atomic E-state index is 0.337. The van der Waals surface area contributed by atoms with Crippen LogP contribution in [0.3, 0.4) is 0 Å². The van der Waals surface area contributed by atoms with Gasteiger partial charge in [0.25, 0.3) is 0 Å². The first-order valence-corrected chi connectivity index (χ1v) is 3.22.